The average molecular weight is 285 g/mol. The molecule has 1 aliphatic rings. The van der Waals surface area contributed by atoms with Crippen molar-refractivity contribution in [3.63, 3.8) is 0 Å². The van der Waals surface area contributed by atoms with E-state index in [1.165, 1.54) is 5.56 Å². The highest BCUT2D eigenvalue weighted by Gasteiger charge is 2.23. The Bertz CT molecular complexity index is 520. The summed E-state index contributed by atoms with van der Waals surface area (Å²) in [4.78, 5) is 0. The van der Waals surface area contributed by atoms with Crippen molar-refractivity contribution >= 4 is 9.84 Å². The van der Waals surface area contributed by atoms with Crippen LogP contribution in [0.2, 0.25) is 0 Å². The number of sulfone groups is 1. The molecule has 1 aromatic heterocycles. The van der Waals surface area contributed by atoms with Crippen molar-refractivity contribution in [1.82, 2.24) is 15.1 Å². The van der Waals surface area contributed by atoms with Crippen molar-refractivity contribution in [3.8, 4) is 0 Å². The van der Waals surface area contributed by atoms with Crippen LogP contribution in [-0.4, -0.2) is 35.7 Å². The molecule has 1 saturated heterocycles. The molecule has 1 aliphatic heterocycles. The first kappa shape index (κ1) is 14.5. The standard InChI is InChI=1S/C13H23N3O2S/c1-10(2)13-11(9-16(3)15-13)8-14-12-4-6-19(17,18)7-5-12/h9-10,12,14H,4-8H2,1-3H3. The van der Waals surface area contributed by atoms with Gasteiger partial charge in [0.25, 0.3) is 0 Å². The molecule has 108 valence electrons. The molecule has 2 heterocycles. The summed E-state index contributed by atoms with van der Waals surface area (Å²) in [7, 11) is -0.839. The smallest absolute Gasteiger partial charge is 0.150 e. The van der Waals surface area contributed by atoms with E-state index in [4.69, 9.17) is 0 Å². The molecular formula is C13H23N3O2S. The Morgan fingerprint density at radius 2 is 2.05 bits per heavy atom. The second-order valence-corrected chi connectivity index (χ2v) is 7.98. The van der Waals surface area contributed by atoms with Crippen molar-refractivity contribution in [3.05, 3.63) is 17.5 Å². The van der Waals surface area contributed by atoms with Gasteiger partial charge in [-0.3, -0.25) is 4.68 Å². The number of aromatic nitrogens is 2. The van der Waals surface area contributed by atoms with Gasteiger partial charge >= 0.3 is 0 Å². The Morgan fingerprint density at radius 1 is 1.42 bits per heavy atom. The Morgan fingerprint density at radius 3 is 2.63 bits per heavy atom. The Kier molecular flexibility index (Phi) is 4.30. The van der Waals surface area contributed by atoms with Gasteiger partial charge in [-0.05, 0) is 18.8 Å². The van der Waals surface area contributed by atoms with Crippen molar-refractivity contribution in [2.24, 2.45) is 7.05 Å². The van der Waals surface area contributed by atoms with E-state index in [0.717, 1.165) is 25.1 Å². The van der Waals surface area contributed by atoms with Crippen LogP contribution in [0.4, 0.5) is 0 Å². The molecule has 1 N–H and O–H groups in total. The van der Waals surface area contributed by atoms with Gasteiger partial charge in [0.05, 0.1) is 17.2 Å². The number of nitrogens with one attached hydrogen (secondary N) is 1. The quantitative estimate of drug-likeness (QED) is 0.903. The fourth-order valence-corrected chi connectivity index (χ4v) is 4.02. The summed E-state index contributed by atoms with van der Waals surface area (Å²) in [5, 5.41) is 7.94. The van der Waals surface area contributed by atoms with Crippen LogP contribution in [-0.2, 0) is 23.4 Å². The van der Waals surface area contributed by atoms with E-state index in [1.54, 1.807) is 0 Å². The Labute approximate surface area is 115 Å². The van der Waals surface area contributed by atoms with E-state index in [9.17, 15) is 8.42 Å². The lowest BCUT2D eigenvalue weighted by molar-refractivity contribution is 0.462. The monoisotopic (exact) mass is 285 g/mol. The van der Waals surface area contributed by atoms with Crippen LogP contribution in [0.15, 0.2) is 6.20 Å². The topological polar surface area (TPSA) is 64.0 Å². The molecule has 0 atom stereocenters. The lowest BCUT2D eigenvalue weighted by Gasteiger charge is -2.23. The van der Waals surface area contributed by atoms with Gasteiger partial charge in [-0.25, -0.2) is 8.42 Å². The normalized spacial score (nSPS) is 20.0. The second kappa shape index (κ2) is 5.63. The molecule has 0 unspecified atom stereocenters. The van der Waals surface area contributed by atoms with Gasteiger partial charge in [-0.2, -0.15) is 5.10 Å². The fraction of sp³-hybridized carbons (Fsp3) is 0.769. The van der Waals surface area contributed by atoms with E-state index in [0.29, 0.717) is 23.5 Å². The Hall–Kier alpha value is -0.880. The van der Waals surface area contributed by atoms with Gasteiger partial charge in [-0.1, -0.05) is 13.8 Å². The molecule has 5 nitrogen and oxygen atoms in total. The molecule has 0 spiro atoms. The van der Waals surface area contributed by atoms with Gasteiger partial charge < -0.3 is 5.32 Å². The van der Waals surface area contributed by atoms with Crippen LogP contribution in [0.5, 0.6) is 0 Å². The summed E-state index contributed by atoms with van der Waals surface area (Å²) in [5.74, 6) is 1.04. The zero-order chi connectivity index (χ0) is 14.0. The minimum absolute atomic E-state index is 0.309. The summed E-state index contributed by atoms with van der Waals surface area (Å²) >= 11 is 0. The molecule has 19 heavy (non-hydrogen) atoms. The molecule has 0 amide bonds. The predicted octanol–water partition coefficient (Wildman–Crippen LogP) is 1.21. The van der Waals surface area contributed by atoms with Gasteiger partial charge in [0, 0.05) is 31.4 Å². The molecule has 1 aromatic rings. The van der Waals surface area contributed by atoms with Crippen LogP contribution in [0, 0.1) is 0 Å². The maximum Gasteiger partial charge on any atom is 0.150 e. The first-order valence-corrected chi connectivity index (χ1v) is 8.66. The summed E-state index contributed by atoms with van der Waals surface area (Å²) in [6.07, 6.45) is 3.49. The number of hydrogen-bond donors (Lipinski definition) is 1. The molecular weight excluding hydrogens is 262 g/mol. The van der Waals surface area contributed by atoms with Crippen LogP contribution < -0.4 is 5.32 Å². The van der Waals surface area contributed by atoms with Crippen molar-refractivity contribution in [2.45, 2.75) is 45.2 Å². The minimum atomic E-state index is -2.77. The molecule has 0 aromatic carbocycles. The fourth-order valence-electron chi connectivity index (χ4n) is 2.53. The van der Waals surface area contributed by atoms with Crippen molar-refractivity contribution in [2.75, 3.05) is 11.5 Å². The maximum atomic E-state index is 11.4. The first-order chi connectivity index (χ1) is 8.87. The lowest BCUT2D eigenvalue weighted by Crippen LogP contribution is -2.37. The van der Waals surface area contributed by atoms with Gasteiger partial charge in [-0.15, -0.1) is 0 Å². The number of rotatable bonds is 4. The van der Waals surface area contributed by atoms with E-state index in [-0.39, 0.29) is 0 Å². The molecule has 0 saturated carbocycles. The van der Waals surface area contributed by atoms with E-state index < -0.39 is 9.84 Å². The van der Waals surface area contributed by atoms with Crippen molar-refractivity contribution < 1.29 is 8.42 Å². The third-order valence-corrected chi connectivity index (χ3v) is 5.34. The summed E-state index contributed by atoms with van der Waals surface area (Å²) in [5.41, 5.74) is 2.34. The van der Waals surface area contributed by atoms with Crippen LogP contribution in [0.25, 0.3) is 0 Å². The number of hydrogen-bond acceptors (Lipinski definition) is 4. The van der Waals surface area contributed by atoms with E-state index >= 15 is 0 Å². The third kappa shape index (κ3) is 3.79. The van der Waals surface area contributed by atoms with Gasteiger partial charge in [0.15, 0.2) is 0 Å². The molecule has 0 aliphatic carbocycles. The minimum Gasteiger partial charge on any atom is -0.310 e. The van der Waals surface area contributed by atoms with Crippen LogP contribution in [0.3, 0.4) is 0 Å². The highest BCUT2D eigenvalue weighted by molar-refractivity contribution is 7.91. The van der Waals surface area contributed by atoms with Gasteiger partial charge in [0.2, 0.25) is 0 Å². The molecule has 0 bridgehead atoms. The molecule has 1 fully saturated rings. The lowest BCUT2D eigenvalue weighted by atomic mass is 10.1. The van der Waals surface area contributed by atoms with E-state index in [2.05, 4.69) is 24.3 Å². The zero-order valence-corrected chi connectivity index (χ0v) is 12.7. The highest BCUT2D eigenvalue weighted by Crippen LogP contribution is 2.18. The molecule has 6 heteroatoms. The van der Waals surface area contributed by atoms with Crippen LogP contribution in [0.1, 0.15) is 43.9 Å². The maximum absolute atomic E-state index is 11.4. The number of nitrogens with zero attached hydrogens (tertiary/aromatic N) is 2. The second-order valence-electron chi connectivity index (χ2n) is 5.67. The third-order valence-electron chi connectivity index (χ3n) is 3.62. The predicted molar refractivity (Wildman–Crippen MR) is 75.8 cm³/mol. The molecule has 0 radical (unpaired) electrons. The largest absolute Gasteiger partial charge is 0.310 e. The summed E-state index contributed by atoms with van der Waals surface area (Å²) in [6.45, 7) is 5.05. The summed E-state index contributed by atoms with van der Waals surface area (Å²) in [6, 6.07) is 0.309. The first-order valence-electron chi connectivity index (χ1n) is 6.83. The Balaban J connectivity index is 1.93. The number of aryl methyl sites for hydroxylation is 1. The highest BCUT2D eigenvalue weighted by atomic mass is 32.2. The molecule has 2 rings (SSSR count). The zero-order valence-electron chi connectivity index (χ0n) is 11.9. The van der Waals surface area contributed by atoms with E-state index in [1.807, 2.05) is 17.9 Å². The average Bonchev–Trinajstić information content (AvgIpc) is 2.69. The SMILES string of the molecule is CC(C)c1nn(C)cc1CNC1CCS(=O)(=O)CC1. The van der Waals surface area contributed by atoms with Crippen LogP contribution >= 0.6 is 0 Å². The summed E-state index contributed by atoms with van der Waals surface area (Å²) < 4.78 is 24.6. The van der Waals surface area contributed by atoms with Gasteiger partial charge in [0.1, 0.15) is 9.84 Å². The van der Waals surface area contributed by atoms with Crippen molar-refractivity contribution in [1.29, 1.82) is 0 Å².